The molecule has 154 valence electrons. The molecule has 0 radical (unpaired) electrons. The van der Waals surface area contributed by atoms with Gasteiger partial charge in [-0.2, -0.15) is 13.2 Å². The van der Waals surface area contributed by atoms with Crippen LogP contribution in [0.2, 0.25) is 0 Å². The molecule has 3 aromatic rings. The number of benzene rings is 3. The number of allylic oxidation sites excluding steroid dienone is 1. The molecule has 0 amide bonds. The van der Waals surface area contributed by atoms with E-state index in [0.717, 1.165) is 21.7 Å². The molecule has 3 aromatic carbocycles. The van der Waals surface area contributed by atoms with Crippen molar-refractivity contribution in [1.29, 1.82) is 0 Å². The van der Waals surface area contributed by atoms with Crippen molar-refractivity contribution in [3.05, 3.63) is 106 Å². The molecule has 0 heterocycles. The van der Waals surface area contributed by atoms with Crippen molar-refractivity contribution < 1.29 is 17.9 Å². The Morgan fingerprint density at radius 3 is 2.43 bits per heavy atom. The SMILES string of the molecule is C=CCc1cc(C=Nc2ccccc2C(F)(F)F)ccc1OCc1ccc(Br)cc1. The van der Waals surface area contributed by atoms with Crippen molar-refractivity contribution >= 4 is 27.8 Å². The van der Waals surface area contributed by atoms with Crippen LogP contribution in [0.4, 0.5) is 18.9 Å². The number of rotatable bonds is 7. The van der Waals surface area contributed by atoms with E-state index in [1.807, 2.05) is 30.3 Å². The number of halogens is 4. The molecule has 3 rings (SSSR count). The van der Waals surface area contributed by atoms with Gasteiger partial charge in [0.05, 0.1) is 11.3 Å². The number of aliphatic imine (C=N–C) groups is 1. The number of nitrogens with zero attached hydrogens (tertiary/aromatic N) is 1. The lowest BCUT2D eigenvalue weighted by molar-refractivity contribution is -0.137. The van der Waals surface area contributed by atoms with Crippen LogP contribution in [-0.2, 0) is 19.2 Å². The lowest BCUT2D eigenvalue weighted by Crippen LogP contribution is -2.04. The highest BCUT2D eigenvalue weighted by atomic mass is 79.9. The van der Waals surface area contributed by atoms with E-state index in [1.165, 1.54) is 24.4 Å². The molecule has 0 saturated carbocycles. The summed E-state index contributed by atoms with van der Waals surface area (Å²) in [6.45, 7) is 4.17. The first-order valence-electron chi connectivity index (χ1n) is 9.18. The van der Waals surface area contributed by atoms with Gasteiger partial charge < -0.3 is 4.74 Å². The van der Waals surface area contributed by atoms with Crippen molar-refractivity contribution in [3.63, 3.8) is 0 Å². The summed E-state index contributed by atoms with van der Waals surface area (Å²) in [5, 5.41) is 0. The van der Waals surface area contributed by atoms with Crippen LogP contribution in [0.3, 0.4) is 0 Å². The molecule has 0 aliphatic heterocycles. The van der Waals surface area contributed by atoms with Crippen molar-refractivity contribution in [2.45, 2.75) is 19.2 Å². The molecule has 30 heavy (non-hydrogen) atoms. The Hall–Kier alpha value is -2.86. The summed E-state index contributed by atoms with van der Waals surface area (Å²) in [5.74, 6) is 0.700. The Kier molecular flexibility index (Phi) is 7.11. The summed E-state index contributed by atoms with van der Waals surface area (Å²) in [5.41, 5.74) is 1.71. The number of alkyl halides is 3. The minimum Gasteiger partial charge on any atom is -0.489 e. The highest BCUT2D eigenvalue weighted by Crippen LogP contribution is 2.36. The lowest BCUT2D eigenvalue weighted by atomic mass is 10.1. The van der Waals surface area contributed by atoms with E-state index in [-0.39, 0.29) is 5.69 Å². The van der Waals surface area contributed by atoms with Crippen LogP contribution in [0.1, 0.15) is 22.3 Å². The normalized spacial score (nSPS) is 11.6. The summed E-state index contributed by atoms with van der Waals surface area (Å²) >= 11 is 3.40. The van der Waals surface area contributed by atoms with E-state index in [0.29, 0.717) is 24.3 Å². The van der Waals surface area contributed by atoms with E-state index in [4.69, 9.17) is 4.74 Å². The van der Waals surface area contributed by atoms with Gasteiger partial charge in [-0.05, 0) is 65.6 Å². The first-order chi connectivity index (χ1) is 14.4. The molecular weight excluding hydrogens is 455 g/mol. The number of ether oxygens (including phenoxy) is 1. The molecule has 0 aliphatic rings. The first-order valence-corrected chi connectivity index (χ1v) is 9.97. The monoisotopic (exact) mass is 473 g/mol. The van der Waals surface area contributed by atoms with E-state index in [9.17, 15) is 13.2 Å². The zero-order valence-corrected chi connectivity index (χ0v) is 17.6. The fourth-order valence-corrected chi connectivity index (χ4v) is 3.11. The molecule has 0 aliphatic carbocycles. The molecule has 0 spiro atoms. The number of hydrogen-bond donors (Lipinski definition) is 0. The lowest BCUT2D eigenvalue weighted by Gasteiger charge is -2.12. The zero-order chi connectivity index (χ0) is 21.6. The summed E-state index contributed by atoms with van der Waals surface area (Å²) in [4.78, 5) is 4.06. The van der Waals surface area contributed by atoms with Crippen molar-refractivity contribution in [2.24, 2.45) is 4.99 Å². The maximum atomic E-state index is 13.1. The second-order valence-corrected chi connectivity index (χ2v) is 7.46. The molecule has 6 heteroatoms. The summed E-state index contributed by atoms with van der Waals surface area (Å²) in [6, 6.07) is 18.5. The minimum atomic E-state index is -4.45. The van der Waals surface area contributed by atoms with E-state index >= 15 is 0 Å². The highest BCUT2D eigenvalue weighted by molar-refractivity contribution is 9.10. The van der Waals surface area contributed by atoms with Crippen molar-refractivity contribution in [1.82, 2.24) is 0 Å². The summed E-state index contributed by atoms with van der Waals surface area (Å²) in [6.07, 6.45) is -0.708. The quantitative estimate of drug-likeness (QED) is 0.256. The fraction of sp³-hybridized carbons (Fsp3) is 0.125. The Labute approximate surface area is 181 Å². The Morgan fingerprint density at radius 1 is 1.00 bits per heavy atom. The highest BCUT2D eigenvalue weighted by Gasteiger charge is 2.32. The zero-order valence-electron chi connectivity index (χ0n) is 16.0. The maximum absolute atomic E-state index is 13.1. The topological polar surface area (TPSA) is 21.6 Å². The molecule has 0 bridgehead atoms. The van der Waals surface area contributed by atoms with E-state index in [2.05, 4.69) is 27.5 Å². The van der Waals surface area contributed by atoms with Crippen molar-refractivity contribution in [2.75, 3.05) is 0 Å². The van der Waals surface area contributed by atoms with E-state index < -0.39 is 11.7 Å². The molecular formula is C24H19BrF3NO. The van der Waals surface area contributed by atoms with Gasteiger partial charge >= 0.3 is 6.18 Å². The molecule has 0 atom stereocenters. The third-order valence-corrected chi connectivity index (χ3v) is 4.85. The van der Waals surface area contributed by atoms with Gasteiger partial charge in [0.25, 0.3) is 0 Å². The Morgan fingerprint density at radius 2 is 1.73 bits per heavy atom. The fourth-order valence-electron chi connectivity index (χ4n) is 2.85. The van der Waals surface area contributed by atoms with Gasteiger partial charge in [-0.3, -0.25) is 4.99 Å². The average Bonchev–Trinajstić information content (AvgIpc) is 2.72. The molecule has 0 aromatic heterocycles. The Bertz CT molecular complexity index is 1040. The van der Waals surface area contributed by atoms with Gasteiger partial charge in [0, 0.05) is 10.7 Å². The van der Waals surface area contributed by atoms with Gasteiger partial charge in [0.2, 0.25) is 0 Å². The second-order valence-electron chi connectivity index (χ2n) is 6.55. The summed E-state index contributed by atoms with van der Waals surface area (Å²) in [7, 11) is 0. The molecule has 2 nitrogen and oxygen atoms in total. The smallest absolute Gasteiger partial charge is 0.418 e. The van der Waals surface area contributed by atoms with Gasteiger partial charge in [0.1, 0.15) is 12.4 Å². The van der Waals surface area contributed by atoms with E-state index in [1.54, 1.807) is 18.2 Å². The summed E-state index contributed by atoms with van der Waals surface area (Å²) < 4.78 is 46.3. The molecule has 0 N–H and O–H groups in total. The van der Waals surface area contributed by atoms with Crippen LogP contribution < -0.4 is 4.74 Å². The second kappa shape index (κ2) is 9.76. The first kappa shape index (κ1) is 21.8. The van der Waals surface area contributed by atoms with Crippen LogP contribution in [0, 0.1) is 0 Å². The average molecular weight is 474 g/mol. The molecule has 0 unspecified atom stereocenters. The standard InChI is InChI=1S/C24H19BrF3NO/c1-2-5-19-14-18(15-29-22-7-4-3-6-21(22)24(26,27)28)10-13-23(19)30-16-17-8-11-20(25)12-9-17/h2-4,6-15H,1,5,16H2. The number of para-hydroxylation sites is 1. The molecule has 0 saturated heterocycles. The third-order valence-electron chi connectivity index (χ3n) is 4.32. The molecule has 0 fully saturated rings. The van der Waals surface area contributed by atoms with Crippen LogP contribution in [0.25, 0.3) is 0 Å². The maximum Gasteiger partial charge on any atom is 0.418 e. The predicted octanol–water partition coefficient (Wildman–Crippen LogP) is 7.53. The van der Waals surface area contributed by atoms with Crippen LogP contribution in [0.15, 0.2) is 88.9 Å². The van der Waals surface area contributed by atoms with Crippen LogP contribution in [0.5, 0.6) is 5.75 Å². The number of hydrogen-bond acceptors (Lipinski definition) is 2. The minimum absolute atomic E-state index is 0.120. The largest absolute Gasteiger partial charge is 0.489 e. The third kappa shape index (κ3) is 5.83. The predicted molar refractivity (Wildman–Crippen MR) is 118 cm³/mol. The van der Waals surface area contributed by atoms with Crippen LogP contribution in [-0.4, -0.2) is 6.21 Å². The van der Waals surface area contributed by atoms with Gasteiger partial charge in [-0.25, -0.2) is 0 Å². The van der Waals surface area contributed by atoms with Gasteiger partial charge in [-0.15, -0.1) is 6.58 Å². The van der Waals surface area contributed by atoms with Gasteiger partial charge in [0.15, 0.2) is 0 Å². The van der Waals surface area contributed by atoms with Crippen molar-refractivity contribution in [3.8, 4) is 5.75 Å². The van der Waals surface area contributed by atoms with Gasteiger partial charge in [-0.1, -0.05) is 46.3 Å². The Balaban J connectivity index is 1.80. The van der Waals surface area contributed by atoms with Crippen LogP contribution >= 0.6 is 15.9 Å².